The van der Waals surface area contributed by atoms with E-state index in [9.17, 15) is 4.79 Å². The van der Waals surface area contributed by atoms with Crippen LogP contribution in [0.3, 0.4) is 0 Å². The molecule has 0 N–H and O–H groups in total. The van der Waals surface area contributed by atoms with E-state index >= 15 is 0 Å². The average Bonchev–Trinajstić information content (AvgIpc) is 2.92. The number of carbonyl (C=O) groups is 1. The van der Waals surface area contributed by atoms with Gasteiger partial charge in [0.2, 0.25) is 0 Å². The van der Waals surface area contributed by atoms with Crippen LogP contribution >= 0.6 is 47.8 Å². The summed E-state index contributed by atoms with van der Waals surface area (Å²) in [5, 5.41) is 0.759. The maximum atomic E-state index is 12.7. The highest BCUT2D eigenvalue weighted by molar-refractivity contribution is 9.11. The molecule has 1 heterocycles. The van der Waals surface area contributed by atoms with Crippen molar-refractivity contribution in [3.63, 3.8) is 0 Å². The highest BCUT2D eigenvalue weighted by Gasteiger charge is 2.24. The second-order valence-electron chi connectivity index (χ2n) is 5.97. The van der Waals surface area contributed by atoms with Crippen LogP contribution in [0.2, 0.25) is 0 Å². The van der Waals surface area contributed by atoms with Gasteiger partial charge < -0.3 is 18.8 Å². The van der Waals surface area contributed by atoms with Crippen LogP contribution in [0, 0.1) is 0 Å². The van der Waals surface area contributed by atoms with Gasteiger partial charge in [-0.15, -0.1) is 0 Å². The number of fused-ring (bicyclic) bond motifs is 1. The van der Waals surface area contributed by atoms with Crippen molar-refractivity contribution in [3.05, 3.63) is 55.0 Å². The number of aryl methyl sites for hydroxylation is 1. The highest BCUT2D eigenvalue weighted by atomic mass is 79.9. The van der Waals surface area contributed by atoms with Crippen molar-refractivity contribution in [1.82, 2.24) is 4.57 Å². The Labute approximate surface area is 188 Å². The predicted octanol–water partition coefficient (Wildman–Crippen LogP) is 6.23. The molecular weight excluding hydrogens is 558 g/mol. The Morgan fingerprint density at radius 2 is 1.79 bits per heavy atom. The molecule has 8 heteroatoms. The van der Waals surface area contributed by atoms with Gasteiger partial charge in [0.25, 0.3) is 0 Å². The van der Waals surface area contributed by atoms with Crippen molar-refractivity contribution in [2.24, 2.45) is 7.05 Å². The van der Waals surface area contributed by atoms with E-state index in [-0.39, 0.29) is 12.6 Å². The molecule has 0 atom stereocenters. The molecule has 0 unspecified atom stereocenters. The maximum Gasteiger partial charge on any atom is 0.340 e. The van der Waals surface area contributed by atoms with Crippen LogP contribution in [-0.2, 0) is 18.4 Å². The fraction of sp³-hybridized carbons (Fsp3) is 0.250. The summed E-state index contributed by atoms with van der Waals surface area (Å²) in [6, 6.07) is 9.43. The first-order chi connectivity index (χ1) is 13.4. The first-order valence-corrected chi connectivity index (χ1v) is 10.8. The summed E-state index contributed by atoms with van der Waals surface area (Å²) in [7, 11) is 3.49. The smallest absolute Gasteiger partial charge is 0.340 e. The quantitative estimate of drug-likeness (QED) is 0.327. The zero-order valence-corrected chi connectivity index (χ0v) is 20.3. The van der Waals surface area contributed by atoms with E-state index in [1.165, 1.54) is 0 Å². The number of hydrogen-bond acceptors (Lipinski definition) is 4. The molecule has 0 aliphatic heterocycles. The topological polar surface area (TPSA) is 49.7 Å². The van der Waals surface area contributed by atoms with E-state index in [0.717, 1.165) is 30.0 Å². The van der Waals surface area contributed by atoms with E-state index in [2.05, 4.69) is 47.8 Å². The second-order valence-corrected chi connectivity index (χ2v) is 8.59. The number of aromatic nitrogens is 1. The summed E-state index contributed by atoms with van der Waals surface area (Å²) in [4.78, 5) is 12.7. The maximum absolute atomic E-state index is 12.7. The number of ether oxygens (including phenoxy) is 3. The predicted molar refractivity (Wildman–Crippen MR) is 119 cm³/mol. The summed E-state index contributed by atoms with van der Waals surface area (Å²) in [5.41, 5.74) is 2.09. The number of carbonyl (C=O) groups excluding carboxylic acids is 1. The van der Waals surface area contributed by atoms with E-state index in [1.807, 2.05) is 41.9 Å². The van der Waals surface area contributed by atoms with E-state index in [1.54, 1.807) is 14.0 Å². The van der Waals surface area contributed by atoms with Crippen molar-refractivity contribution < 1.29 is 19.0 Å². The summed E-state index contributed by atoms with van der Waals surface area (Å²) in [6.45, 7) is 2.29. The minimum Gasteiger partial charge on any atom is -0.496 e. The van der Waals surface area contributed by atoms with Gasteiger partial charge >= 0.3 is 5.97 Å². The Balaban J connectivity index is 2.10. The normalized spacial score (nSPS) is 10.9. The number of nitrogens with zero attached hydrogens (tertiary/aromatic N) is 1. The largest absolute Gasteiger partial charge is 0.496 e. The van der Waals surface area contributed by atoms with Gasteiger partial charge in [-0.05, 0) is 69.1 Å². The van der Waals surface area contributed by atoms with Crippen molar-refractivity contribution in [2.75, 3.05) is 13.7 Å². The summed E-state index contributed by atoms with van der Waals surface area (Å²) in [6.07, 6.45) is 0. The number of rotatable bonds is 6. The molecular formula is C20H18Br3NO4. The van der Waals surface area contributed by atoms with Gasteiger partial charge in [-0.3, -0.25) is 0 Å². The highest BCUT2D eigenvalue weighted by Crippen LogP contribution is 2.36. The van der Waals surface area contributed by atoms with Crippen LogP contribution in [0.1, 0.15) is 23.0 Å². The fourth-order valence-electron chi connectivity index (χ4n) is 2.98. The minimum atomic E-state index is -0.383. The van der Waals surface area contributed by atoms with Gasteiger partial charge in [-0.2, -0.15) is 0 Å². The molecule has 0 spiro atoms. The monoisotopic (exact) mass is 573 g/mol. The first-order valence-electron chi connectivity index (χ1n) is 8.47. The number of methoxy groups -OCH3 is 1. The van der Waals surface area contributed by atoms with Gasteiger partial charge in [-0.25, -0.2) is 4.79 Å². The number of esters is 1. The summed E-state index contributed by atoms with van der Waals surface area (Å²) < 4.78 is 21.2. The van der Waals surface area contributed by atoms with Gasteiger partial charge in [0, 0.05) is 16.9 Å². The SMILES string of the molecule is CCOC(=O)c1c(COc2ccc(Br)cc2Br)n(C)c2cc(Br)c(OC)cc12. The molecule has 3 rings (SSSR count). The van der Waals surface area contributed by atoms with Crippen molar-refractivity contribution in [1.29, 1.82) is 0 Å². The molecule has 5 nitrogen and oxygen atoms in total. The van der Waals surface area contributed by atoms with Crippen LogP contribution in [0.25, 0.3) is 10.9 Å². The lowest BCUT2D eigenvalue weighted by atomic mass is 10.1. The molecule has 3 aromatic rings. The Hall–Kier alpha value is -1.51. The van der Waals surface area contributed by atoms with Crippen molar-refractivity contribution in [2.45, 2.75) is 13.5 Å². The molecule has 0 saturated carbocycles. The van der Waals surface area contributed by atoms with E-state index < -0.39 is 0 Å². The molecule has 1 aromatic heterocycles. The first kappa shape index (κ1) is 21.2. The molecule has 28 heavy (non-hydrogen) atoms. The molecule has 0 radical (unpaired) electrons. The standard InChI is InChI=1S/C20H18Br3NO4/c1-4-27-20(25)19-12-8-18(26-3)14(23)9-15(12)24(2)16(19)10-28-17-6-5-11(21)7-13(17)22/h5-9H,4,10H2,1-3H3. The molecule has 148 valence electrons. The fourth-order valence-corrected chi connectivity index (χ4v) is 4.64. The van der Waals surface area contributed by atoms with Crippen LogP contribution in [0.15, 0.2) is 43.7 Å². The third-order valence-corrected chi connectivity index (χ3v) is 6.06. The lowest BCUT2D eigenvalue weighted by molar-refractivity contribution is 0.0525. The molecule has 0 aliphatic carbocycles. The van der Waals surface area contributed by atoms with Crippen LogP contribution < -0.4 is 9.47 Å². The van der Waals surface area contributed by atoms with E-state index in [0.29, 0.717) is 23.7 Å². The minimum absolute atomic E-state index is 0.208. The zero-order valence-electron chi connectivity index (χ0n) is 15.5. The molecule has 0 bridgehead atoms. The lowest BCUT2D eigenvalue weighted by Gasteiger charge is -2.11. The Morgan fingerprint density at radius 3 is 2.43 bits per heavy atom. The number of benzene rings is 2. The molecule has 0 saturated heterocycles. The summed E-state index contributed by atoms with van der Waals surface area (Å²) in [5.74, 6) is 0.944. The molecule has 0 aliphatic rings. The van der Waals surface area contributed by atoms with Crippen molar-refractivity contribution in [3.8, 4) is 11.5 Å². The van der Waals surface area contributed by atoms with E-state index in [4.69, 9.17) is 14.2 Å². The third kappa shape index (κ3) is 4.09. The third-order valence-electron chi connectivity index (χ3n) is 4.33. The average molecular weight is 576 g/mol. The van der Waals surface area contributed by atoms with Crippen LogP contribution in [0.4, 0.5) is 0 Å². The van der Waals surface area contributed by atoms with Gasteiger partial charge in [0.1, 0.15) is 18.1 Å². The van der Waals surface area contributed by atoms with Gasteiger partial charge in [0.05, 0.1) is 39.4 Å². The number of halogens is 3. The molecule has 0 amide bonds. The van der Waals surface area contributed by atoms with Crippen LogP contribution in [0.5, 0.6) is 11.5 Å². The Morgan fingerprint density at radius 1 is 1.07 bits per heavy atom. The van der Waals surface area contributed by atoms with Gasteiger partial charge in [0.15, 0.2) is 0 Å². The number of hydrogen-bond donors (Lipinski definition) is 0. The lowest BCUT2D eigenvalue weighted by Crippen LogP contribution is -2.11. The summed E-state index contributed by atoms with van der Waals surface area (Å²) >= 11 is 10.4. The van der Waals surface area contributed by atoms with Gasteiger partial charge in [-0.1, -0.05) is 15.9 Å². The Kier molecular flexibility index (Phi) is 6.73. The van der Waals surface area contributed by atoms with Crippen molar-refractivity contribution >= 4 is 64.7 Å². The Bertz CT molecular complexity index is 1050. The van der Waals surface area contributed by atoms with Crippen LogP contribution in [-0.4, -0.2) is 24.3 Å². The zero-order chi connectivity index (χ0) is 20.4. The molecule has 0 fully saturated rings. The molecule has 2 aromatic carbocycles. The second kappa shape index (κ2) is 8.88.